The van der Waals surface area contributed by atoms with Crippen molar-refractivity contribution in [3.63, 3.8) is 0 Å². The van der Waals surface area contributed by atoms with Crippen molar-refractivity contribution in [1.29, 1.82) is 0 Å². The maximum absolute atomic E-state index is 13.9. The number of carboxylic acid groups (broad SMARTS) is 1. The lowest BCUT2D eigenvalue weighted by Crippen LogP contribution is -2.00. The SMILES string of the molecule is O=C(O)c1ccc(Oc2ccc(F)cc2)c(F)c1Br. The summed E-state index contributed by atoms with van der Waals surface area (Å²) < 4.78 is 31.6. The van der Waals surface area contributed by atoms with Crippen LogP contribution in [-0.2, 0) is 0 Å². The zero-order valence-electron chi connectivity index (χ0n) is 9.36. The Labute approximate surface area is 115 Å². The maximum atomic E-state index is 13.9. The molecule has 19 heavy (non-hydrogen) atoms. The van der Waals surface area contributed by atoms with Crippen LogP contribution in [0.25, 0.3) is 0 Å². The third kappa shape index (κ3) is 2.90. The molecule has 0 heterocycles. The number of halogens is 3. The minimum Gasteiger partial charge on any atom is -0.478 e. The third-order valence-corrected chi connectivity index (χ3v) is 3.09. The zero-order chi connectivity index (χ0) is 14.0. The molecule has 3 nitrogen and oxygen atoms in total. The first kappa shape index (κ1) is 13.5. The average Bonchev–Trinajstić information content (AvgIpc) is 2.37. The Morgan fingerprint density at radius 2 is 1.74 bits per heavy atom. The zero-order valence-corrected chi connectivity index (χ0v) is 10.9. The summed E-state index contributed by atoms with van der Waals surface area (Å²) in [6.07, 6.45) is 0. The van der Waals surface area contributed by atoms with Crippen molar-refractivity contribution in [2.24, 2.45) is 0 Å². The van der Waals surface area contributed by atoms with Crippen molar-refractivity contribution in [3.05, 3.63) is 58.1 Å². The van der Waals surface area contributed by atoms with Crippen LogP contribution in [0.5, 0.6) is 11.5 Å². The molecule has 0 aliphatic rings. The van der Waals surface area contributed by atoms with Crippen LogP contribution in [0.2, 0.25) is 0 Å². The number of benzene rings is 2. The topological polar surface area (TPSA) is 46.5 Å². The smallest absolute Gasteiger partial charge is 0.336 e. The molecule has 0 saturated carbocycles. The van der Waals surface area contributed by atoms with Gasteiger partial charge in [-0.15, -0.1) is 0 Å². The van der Waals surface area contributed by atoms with Gasteiger partial charge in [0.15, 0.2) is 11.6 Å². The fourth-order valence-electron chi connectivity index (χ4n) is 1.41. The summed E-state index contributed by atoms with van der Waals surface area (Å²) in [4.78, 5) is 10.8. The molecule has 6 heteroatoms. The van der Waals surface area contributed by atoms with Gasteiger partial charge in [-0.05, 0) is 52.3 Å². The van der Waals surface area contributed by atoms with Crippen molar-refractivity contribution >= 4 is 21.9 Å². The molecule has 0 atom stereocenters. The van der Waals surface area contributed by atoms with Gasteiger partial charge in [0.2, 0.25) is 0 Å². The number of aromatic carboxylic acids is 1. The predicted octanol–water partition coefficient (Wildman–Crippen LogP) is 4.22. The van der Waals surface area contributed by atoms with Gasteiger partial charge in [0.1, 0.15) is 11.6 Å². The lowest BCUT2D eigenvalue weighted by Gasteiger charge is -2.09. The van der Waals surface area contributed by atoms with E-state index in [4.69, 9.17) is 9.84 Å². The fourth-order valence-corrected chi connectivity index (χ4v) is 1.90. The Bertz CT molecular complexity index is 627. The molecule has 2 aromatic rings. The van der Waals surface area contributed by atoms with Crippen LogP contribution < -0.4 is 4.74 Å². The summed E-state index contributed by atoms with van der Waals surface area (Å²) in [5, 5.41) is 8.82. The van der Waals surface area contributed by atoms with Gasteiger partial charge in [-0.1, -0.05) is 0 Å². The highest BCUT2D eigenvalue weighted by molar-refractivity contribution is 9.10. The van der Waals surface area contributed by atoms with Crippen LogP contribution >= 0.6 is 15.9 Å². The maximum Gasteiger partial charge on any atom is 0.336 e. The van der Waals surface area contributed by atoms with E-state index in [1.807, 2.05) is 0 Å². The number of hydrogen-bond acceptors (Lipinski definition) is 2. The van der Waals surface area contributed by atoms with E-state index in [1.54, 1.807) is 0 Å². The Balaban J connectivity index is 2.34. The minimum absolute atomic E-state index is 0.150. The Kier molecular flexibility index (Phi) is 3.80. The molecule has 0 unspecified atom stereocenters. The van der Waals surface area contributed by atoms with Crippen molar-refractivity contribution in [2.75, 3.05) is 0 Å². The molecule has 2 aromatic carbocycles. The van der Waals surface area contributed by atoms with E-state index in [0.717, 1.165) is 0 Å². The molecule has 0 radical (unpaired) electrons. The molecule has 1 N–H and O–H groups in total. The van der Waals surface area contributed by atoms with E-state index in [9.17, 15) is 13.6 Å². The van der Waals surface area contributed by atoms with Gasteiger partial charge in [-0.25, -0.2) is 13.6 Å². The quantitative estimate of drug-likeness (QED) is 0.917. The van der Waals surface area contributed by atoms with Crippen LogP contribution in [0.15, 0.2) is 40.9 Å². The van der Waals surface area contributed by atoms with Crippen molar-refractivity contribution in [1.82, 2.24) is 0 Å². The van der Waals surface area contributed by atoms with Crippen LogP contribution in [0.1, 0.15) is 10.4 Å². The van der Waals surface area contributed by atoms with Gasteiger partial charge in [-0.3, -0.25) is 0 Å². The second-order valence-electron chi connectivity index (χ2n) is 3.60. The summed E-state index contributed by atoms with van der Waals surface area (Å²) in [5.74, 6) is -2.42. The van der Waals surface area contributed by atoms with E-state index >= 15 is 0 Å². The molecule has 0 fully saturated rings. The van der Waals surface area contributed by atoms with Gasteiger partial charge < -0.3 is 9.84 Å². The number of ether oxygens (including phenoxy) is 1. The first-order chi connectivity index (χ1) is 8.99. The standard InChI is InChI=1S/C13H7BrF2O3/c14-11-9(13(17)18)5-6-10(12(11)16)19-8-3-1-7(15)2-4-8/h1-6H,(H,17,18). The summed E-state index contributed by atoms with van der Waals surface area (Å²) in [6.45, 7) is 0. The summed E-state index contributed by atoms with van der Waals surface area (Å²) in [5.41, 5.74) is -0.205. The van der Waals surface area contributed by atoms with Gasteiger partial charge in [-0.2, -0.15) is 0 Å². The monoisotopic (exact) mass is 328 g/mol. The normalized spacial score (nSPS) is 10.3. The minimum atomic E-state index is -1.25. The lowest BCUT2D eigenvalue weighted by atomic mass is 10.2. The first-order valence-corrected chi connectivity index (χ1v) is 5.93. The van der Waals surface area contributed by atoms with E-state index < -0.39 is 17.6 Å². The Morgan fingerprint density at radius 3 is 2.32 bits per heavy atom. The second kappa shape index (κ2) is 5.36. The molecule has 2 rings (SSSR count). The molecular weight excluding hydrogens is 322 g/mol. The first-order valence-electron chi connectivity index (χ1n) is 5.13. The van der Waals surface area contributed by atoms with Crippen LogP contribution in [0.4, 0.5) is 8.78 Å². The van der Waals surface area contributed by atoms with E-state index in [2.05, 4.69) is 15.9 Å². The van der Waals surface area contributed by atoms with Crippen LogP contribution in [-0.4, -0.2) is 11.1 Å². The van der Waals surface area contributed by atoms with Crippen LogP contribution in [0.3, 0.4) is 0 Å². The number of rotatable bonds is 3. The fraction of sp³-hybridized carbons (Fsp3) is 0. The predicted molar refractivity (Wildman–Crippen MR) is 67.5 cm³/mol. The highest BCUT2D eigenvalue weighted by Crippen LogP contribution is 2.31. The summed E-state index contributed by atoms with van der Waals surface area (Å²) in [7, 11) is 0. The van der Waals surface area contributed by atoms with Crippen molar-refractivity contribution in [2.45, 2.75) is 0 Å². The molecule has 0 aliphatic heterocycles. The van der Waals surface area contributed by atoms with E-state index in [0.29, 0.717) is 0 Å². The van der Waals surface area contributed by atoms with Crippen molar-refractivity contribution in [3.8, 4) is 11.5 Å². The number of carboxylic acids is 1. The largest absolute Gasteiger partial charge is 0.478 e. The number of hydrogen-bond donors (Lipinski definition) is 1. The van der Waals surface area contributed by atoms with Crippen LogP contribution in [0, 0.1) is 11.6 Å². The average molecular weight is 329 g/mol. The third-order valence-electron chi connectivity index (χ3n) is 2.32. The number of carbonyl (C=O) groups is 1. The molecule has 0 saturated heterocycles. The molecule has 0 aromatic heterocycles. The van der Waals surface area contributed by atoms with E-state index in [1.165, 1.54) is 36.4 Å². The summed E-state index contributed by atoms with van der Waals surface area (Å²) >= 11 is 2.86. The lowest BCUT2D eigenvalue weighted by molar-refractivity contribution is 0.0695. The molecular formula is C13H7BrF2O3. The van der Waals surface area contributed by atoms with Gasteiger partial charge in [0, 0.05) is 0 Å². The molecule has 0 bridgehead atoms. The molecule has 0 amide bonds. The van der Waals surface area contributed by atoms with E-state index in [-0.39, 0.29) is 21.5 Å². The second-order valence-corrected chi connectivity index (χ2v) is 4.39. The summed E-state index contributed by atoms with van der Waals surface area (Å²) in [6, 6.07) is 7.45. The highest BCUT2D eigenvalue weighted by atomic mass is 79.9. The molecule has 0 aliphatic carbocycles. The Morgan fingerprint density at radius 1 is 1.11 bits per heavy atom. The van der Waals surface area contributed by atoms with Gasteiger partial charge in [0.25, 0.3) is 0 Å². The van der Waals surface area contributed by atoms with Crippen molar-refractivity contribution < 1.29 is 23.4 Å². The molecule has 98 valence electrons. The highest BCUT2D eigenvalue weighted by Gasteiger charge is 2.17. The Hall–Kier alpha value is -1.95. The van der Waals surface area contributed by atoms with Gasteiger partial charge in [0.05, 0.1) is 10.0 Å². The van der Waals surface area contributed by atoms with Gasteiger partial charge >= 0.3 is 5.97 Å². The molecule has 0 spiro atoms.